The highest BCUT2D eigenvalue weighted by Crippen LogP contribution is 2.23. The maximum absolute atomic E-state index is 13.3. The first kappa shape index (κ1) is 15.4. The molecule has 0 bridgehead atoms. The summed E-state index contributed by atoms with van der Waals surface area (Å²) in [5, 5.41) is 3.37. The van der Waals surface area contributed by atoms with Crippen LogP contribution >= 0.6 is 15.9 Å². The summed E-state index contributed by atoms with van der Waals surface area (Å²) in [7, 11) is 0. The third kappa shape index (κ3) is 5.36. The van der Waals surface area contributed by atoms with Gasteiger partial charge in [0.05, 0.1) is 11.1 Å². The Morgan fingerprint density at radius 2 is 2.11 bits per heavy atom. The quantitative estimate of drug-likeness (QED) is 0.768. The molecule has 1 aromatic carbocycles. The predicted molar refractivity (Wildman–Crippen MR) is 76.5 cm³/mol. The summed E-state index contributed by atoms with van der Waals surface area (Å²) < 4.78 is 19.4. The molecule has 0 fully saturated rings. The summed E-state index contributed by atoms with van der Waals surface area (Å²) in [6, 6.07) is 4.83. The summed E-state index contributed by atoms with van der Waals surface area (Å²) in [5.74, 6) is 0.272. The highest BCUT2D eigenvalue weighted by Gasteiger charge is 2.18. The van der Waals surface area contributed by atoms with Crippen LogP contribution in [0, 0.1) is 11.2 Å². The van der Waals surface area contributed by atoms with E-state index in [1.807, 2.05) is 0 Å². The smallest absolute Gasteiger partial charge is 0.141 e. The Labute approximate surface area is 117 Å². The number of benzene rings is 1. The zero-order valence-corrected chi connectivity index (χ0v) is 12.8. The fourth-order valence-corrected chi connectivity index (χ4v) is 1.75. The van der Waals surface area contributed by atoms with E-state index in [0.717, 1.165) is 19.5 Å². The van der Waals surface area contributed by atoms with E-state index in [0.29, 0.717) is 16.8 Å². The molecule has 0 spiro atoms. The Balaban J connectivity index is 2.45. The lowest BCUT2D eigenvalue weighted by atomic mass is 9.95. The molecule has 2 nitrogen and oxygen atoms in total. The molecule has 1 aromatic rings. The van der Waals surface area contributed by atoms with Crippen LogP contribution in [0.3, 0.4) is 0 Å². The molecule has 0 saturated heterocycles. The lowest BCUT2D eigenvalue weighted by Gasteiger charge is -2.25. The zero-order valence-electron chi connectivity index (χ0n) is 11.2. The monoisotopic (exact) mass is 317 g/mol. The van der Waals surface area contributed by atoms with Gasteiger partial charge in [-0.1, -0.05) is 20.8 Å². The van der Waals surface area contributed by atoms with Crippen molar-refractivity contribution in [2.45, 2.75) is 27.2 Å². The van der Waals surface area contributed by atoms with Crippen LogP contribution in [0.4, 0.5) is 4.39 Å². The van der Waals surface area contributed by atoms with Crippen LogP contribution in [0.25, 0.3) is 0 Å². The molecule has 0 aliphatic heterocycles. The van der Waals surface area contributed by atoms with Crippen LogP contribution in [-0.2, 0) is 0 Å². The third-order valence-electron chi connectivity index (χ3n) is 2.55. The van der Waals surface area contributed by atoms with Crippen molar-refractivity contribution in [3.63, 3.8) is 0 Å². The Kier molecular flexibility index (Phi) is 6.09. The van der Waals surface area contributed by atoms with Gasteiger partial charge in [-0.2, -0.15) is 0 Å². The standard InChI is InChI=1S/C14H21BrFNO/c1-4-7-17-9-14(2,3)10-18-11-5-6-12(15)13(16)8-11/h5-6,8,17H,4,7,9-10H2,1-3H3. The van der Waals surface area contributed by atoms with Crippen LogP contribution in [0.5, 0.6) is 5.75 Å². The maximum Gasteiger partial charge on any atom is 0.141 e. The van der Waals surface area contributed by atoms with Crippen LogP contribution in [0.15, 0.2) is 22.7 Å². The highest BCUT2D eigenvalue weighted by molar-refractivity contribution is 9.10. The molecule has 1 N–H and O–H groups in total. The fourth-order valence-electron chi connectivity index (χ4n) is 1.50. The van der Waals surface area contributed by atoms with Gasteiger partial charge in [-0.3, -0.25) is 0 Å². The molecular formula is C14H21BrFNO. The normalized spacial score (nSPS) is 11.6. The van der Waals surface area contributed by atoms with E-state index in [-0.39, 0.29) is 11.2 Å². The molecule has 4 heteroatoms. The minimum absolute atomic E-state index is 0.0265. The largest absolute Gasteiger partial charge is 0.493 e. The van der Waals surface area contributed by atoms with E-state index in [1.54, 1.807) is 12.1 Å². The van der Waals surface area contributed by atoms with Gasteiger partial charge in [0, 0.05) is 18.0 Å². The van der Waals surface area contributed by atoms with Gasteiger partial charge < -0.3 is 10.1 Å². The number of rotatable bonds is 7. The van der Waals surface area contributed by atoms with Crippen LogP contribution < -0.4 is 10.1 Å². The van der Waals surface area contributed by atoms with E-state index < -0.39 is 0 Å². The molecule has 0 radical (unpaired) electrons. The second-order valence-electron chi connectivity index (χ2n) is 5.21. The van der Waals surface area contributed by atoms with Crippen molar-refractivity contribution in [1.29, 1.82) is 0 Å². The van der Waals surface area contributed by atoms with Gasteiger partial charge in [0.15, 0.2) is 0 Å². The minimum Gasteiger partial charge on any atom is -0.493 e. The maximum atomic E-state index is 13.3. The summed E-state index contributed by atoms with van der Waals surface area (Å²) in [5.41, 5.74) is 0.0265. The van der Waals surface area contributed by atoms with Crippen LogP contribution in [0.2, 0.25) is 0 Å². The van der Waals surface area contributed by atoms with E-state index in [4.69, 9.17) is 4.74 Å². The number of hydrogen-bond donors (Lipinski definition) is 1. The summed E-state index contributed by atoms with van der Waals surface area (Å²) in [6.45, 7) is 8.86. The van der Waals surface area contributed by atoms with E-state index in [1.165, 1.54) is 6.07 Å². The SMILES string of the molecule is CCCNCC(C)(C)COc1ccc(Br)c(F)c1. The first-order valence-corrected chi connectivity index (χ1v) is 7.02. The molecule has 0 atom stereocenters. The van der Waals surface area contributed by atoms with Crippen LogP contribution in [0.1, 0.15) is 27.2 Å². The Morgan fingerprint density at radius 3 is 2.72 bits per heavy atom. The van der Waals surface area contributed by atoms with Gasteiger partial charge in [0.2, 0.25) is 0 Å². The number of halogens is 2. The molecule has 18 heavy (non-hydrogen) atoms. The summed E-state index contributed by atoms with van der Waals surface area (Å²) in [6.07, 6.45) is 1.12. The highest BCUT2D eigenvalue weighted by atomic mass is 79.9. The lowest BCUT2D eigenvalue weighted by Crippen LogP contribution is -2.34. The van der Waals surface area contributed by atoms with Gasteiger partial charge >= 0.3 is 0 Å². The first-order chi connectivity index (χ1) is 8.44. The first-order valence-electron chi connectivity index (χ1n) is 6.23. The van der Waals surface area contributed by atoms with Crippen molar-refractivity contribution in [3.05, 3.63) is 28.5 Å². The minimum atomic E-state index is -0.297. The fraction of sp³-hybridized carbons (Fsp3) is 0.571. The van der Waals surface area contributed by atoms with Gasteiger partial charge in [-0.05, 0) is 41.0 Å². The molecule has 0 saturated carbocycles. The number of nitrogens with one attached hydrogen (secondary N) is 1. The van der Waals surface area contributed by atoms with Crippen molar-refractivity contribution >= 4 is 15.9 Å². The molecule has 0 heterocycles. The van der Waals surface area contributed by atoms with Crippen LogP contribution in [-0.4, -0.2) is 19.7 Å². The third-order valence-corrected chi connectivity index (χ3v) is 3.19. The van der Waals surface area contributed by atoms with E-state index >= 15 is 0 Å². The molecule has 0 aliphatic carbocycles. The average molecular weight is 318 g/mol. The molecule has 0 amide bonds. The second kappa shape index (κ2) is 7.10. The van der Waals surface area contributed by atoms with Gasteiger partial charge in [0.25, 0.3) is 0 Å². The summed E-state index contributed by atoms with van der Waals surface area (Å²) in [4.78, 5) is 0. The van der Waals surface area contributed by atoms with E-state index in [2.05, 4.69) is 42.0 Å². The molecule has 1 rings (SSSR count). The van der Waals surface area contributed by atoms with Gasteiger partial charge in [-0.15, -0.1) is 0 Å². The van der Waals surface area contributed by atoms with Gasteiger partial charge in [-0.25, -0.2) is 4.39 Å². The summed E-state index contributed by atoms with van der Waals surface area (Å²) >= 11 is 3.12. The molecule has 0 aliphatic rings. The predicted octanol–water partition coefficient (Wildman–Crippen LogP) is 3.99. The number of hydrogen-bond acceptors (Lipinski definition) is 2. The molecule has 0 aromatic heterocycles. The Bertz CT molecular complexity index is 382. The van der Waals surface area contributed by atoms with Crippen molar-refractivity contribution in [1.82, 2.24) is 5.32 Å². The molecular weight excluding hydrogens is 297 g/mol. The lowest BCUT2D eigenvalue weighted by molar-refractivity contribution is 0.176. The molecule has 0 unspecified atom stereocenters. The topological polar surface area (TPSA) is 21.3 Å². The van der Waals surface area contributed by atoms with Crippen molar-refractivity contribution < 1.29 is 9.13 Å². The van der Waals surface area contributed by atoms with E-state index in [9.17, 15) is 4.39 Å². The number of ether oxygens (including phenoxy) is 1. The van der Waals surface area contributed by atoms with Gasteiger partial charge in [0.1, 0.15) is 11.6 Å². The molecule has 102 valence electrons. The Hall–Kier alpha value is -0.610. The second-order valence-corrected chi connectivity index (χ2v) is 6.06. The van der Waals surface area contributed by atoms with Crippen molar-refractivity contribution in [3.8, 4) is 5.75 Å². The average Bonchev–Trinajstić information content (AvgIpc) is 2.31. The zero-order chi connectivity index (χ0) is 13.6. The Morgan fingerprint density at radius 1 is 1.39 bits per heavy atom. The van der Waals surface area contributed by atoms with Crippen molar-refractivity contribution in [2.75, 3.05) is 19.7 Å². The van der Waals surface area contributed by atoms with Crippen molar-refractivity contribution in [2.24, 2.45) is 5.41 Å².